The van der Waals surface area contributed by atoms with E-state index in [1.807, 2.05) is 29.6 Å². The third-order valence-electron chi connectivity index (χ3n) is 8.12. The van der Waals surface area contributed by atoms with Gasteiger partial charge in [0.1, 0.15) is 18.5 Å². The molecule has 0 aliphatic carbocycles. The van der Waals surface area contributed by atoms with Gasteiger partial charge in [0.25, 0.3) is 0 Å². The van der Waals surface area contributed by atoms with Gasteiger partial charge in [0, 0.05) is 41.7 Å². The second kappa shape index (κ2) is 23.0. The highest BCUT2D eigenvalue weighted by atomic mass is 32.1. The summed E-state index contributed by atoms with van der Waals surface area (Å²) in [6.45, 7) is 4.11. The van der Waals surface area contributed by atoms with Crippen LogP contribution in [-0.2, 0) is 31.4 Å². The van der Waals surface area contributed by atoms with Gasteiger partial charge in [-0.2, -0.15) is 0 Å². The van der Waals surface area contributed by atoms with Crippen molar-refractivity contribution < 1.29 is 32.9 Å². The number of methoxy groups -OCH3 is 1. The highest BCUT2D eigenvalue weighted by molar-refractivity contribution is 7.33. The largest absolute Gasteiger partial charge is 0.755 e. The SMILES string of the molecule is CCCCCCCCCCCCCCc1cccc(OCC(COC(O)(CC)O[P+](=O)Oc2ccccc2Cc2nccs2)OC)c1. The fourth-order valence-corrected chi connectivity index (χ4v) is 6.64. The lowest BCUT2D eigenvalue weighted by atomic mass is 10.0. The second-order valence-electron chi connectivity index (χ2n) is 11.9. The van der Waals surface area contributed by atoms with Crippen molar-refractivity contribution in [2.45, 2.75) is 122 Å². The molecule has 3 atom stereocenters. The van der Waals surface area contributed by atoms with E-state index < -0.39 is 20.3 Å². The fourth-order valence-electron chi connectivity index (χ4n) is 5.21. The minimum Gasteiger partial charge on any atom is -0.491 e. The molecule has 260 valence electrons. The molecule has 0 bridgehead atoms. The highest BCUT2D eigenvalue weighted by Crippen LogP contribution is 2.36. The van der Waals surface area contributed by atoms with E-state index in [9.17, 15) is 9.67 Å². The first-order valence-electron chi connectivity index (χ1n) is 17.4. The predicted molar refractivity (Wildman–Crippen MR) is 189 cm³/mol. The lowest BCUT2D eigenvalue weighted by Gasteiger charge is -2.23. The van der Waals surface area contributed by atoms with Crippen LogP contribution in [0.1, 0.15) is 113 Å². The Kier molecular flexibility index (Phi) is 19.2. The molecule has 0 saturated carbocycles. The zero-order valence-electron chi connectivity index (χ0n) is 28.6. The Hall–Kier alpha value is -2.39. The van der Waals surface area contributed by atoms with Crippen LogP contribution in [0.2, 0.25) is 0 Å². The van der Waals surface area contributed by atoms with Gasteiger partial charge in [0.2, 0.25) is 0 Å². The summed E-state index contributed by atoms with van der Waals surface area (Å²) in [7, 11) is -1.19. The smallest absolute Gasteiger partial charge is 0.491 e. The average molecular weight is 689 g/mol. The number of aromatic nitrogens is 1. The number of aryl methyl sites for hydroxylation is 1. The predicted octanol–water partition coefficient (Wildman–Crippen LogP) is 10.2. The molecule has 0 aliphatic rings. The molecule has 8 nitrogen and oxygen atoms in total. The van der Waals surface area contributed by atoms with Crippen LogP contribution in [0.15, 0.2) is 60.1 Å². The summed E-state index contributed by atoms with van der Waals surface area (Å²) in [5.74, 6) is -0.965. The van der Waals surface area contributed by atoms with Crippen molar-refractivity contribution in [3.8, 4) is 11.5 Å². The van der Waals surface area contributed by atoms with Crippen molar-refractivity contribution in [1.82, 2.24) is 4.98 Å². The minimum absolute atomic E-state index is 0.0245. The molecule has 1 aromatic heterocycles. The average Bonchev–Trinajstić information content (AvgIpc) is 3.59. The first-order chi connectivity index (χ1) is 22.9. The minimum atomic E-state index is -2.74. The molecule has 3 rings (SSSR count). The summed E-state index contributed by atoms with van der Waals surface area (Å²) in [4.78, 5) is 4.30. The highest BCUT2D eigenvalue weighted by Gasteiger charge is 2.42. The van der Waals surface area contributed by atoms with Crippen LogP contribution in [0.25, 0.3) is 0 Å². The van der Waals surface area contributed by atoms with Crippen molar-refractivity contribution >= 4 is 19.6 Å². The molecule has 0 radical (unpaired) electrons. The van der Waals surface area contributed by atoms with Crippen molar-refractivity contribution in [2.75, 3.05) is 20.3 Å². The molecule has 2 aromatic carbocycles. The van der Waals surface area contributed by atoms with Gasteiger partial charge in [-0.05, 0) is 41.1 Å². The van der Waals surface area contributed by atoms with Crippen molar-refractivity contribution in [1.29, 1.82) is 0 Å². The van der Waals surface area contributed by atoms with Crippen LogP contribution >= 0.6 is 19.6 Å². The Bertz CT molecular complexity index is 1260. The quantitative estimate of drug-likeness (QED) is 0.0480. The van der Waals surface area contributed by atoms with Crippen LogP contribution in [-0.4, -0.2) is 42.5 Å². The zero-order valence-corrected chi connectivity index (χ0v) is 30.3. The number of unbranched alkanes of at least 4 members (excludes halogenated alkanes) is 11. The van der Waals surface area contributed by atoms with E-state index in [4.69, 9.17) is 23.3 Å². The number of hydrogen-bond donors (Lipinski definition) is 1. The number of benzene rings is 2. The molecule has 47 heavy (non-hydrogen) atoms. The Morgan fingerprint density at radius 2 is 1.60 bits per heavy atom. The number of nitrogens with zero attached hydrogens (tertiary/aromatic N) is 1. The van der Waals surface area contributed by atoms with E-state index in [2.05, 4.69) is 24.0 Å². The van der Waals surface area contributed by atoms with Gasteiger partial charge in [-0.25, -0.2) is 9.51 Å². The normalized spacial score (nSPS) is 13.7. The topological polar surface area (TPSA) is 96.3 Å². The van der Waals surface area contributed by atoms with Gasteiger partial charge >= 0.3 is 14.2 Å². The van der Waals surface area contributed by atoms with Gasteiger partial charge in [-0.3, -0.25) is 0 Å². The fraction of sp³-hybridized carbons (Fsp3) is 0.595. The number of thiazole rings is 1. The van der Waals surface area contributed by atoms with E-state index in [-0.39, 0.29) is 19.6 Å². The number of rotatable bonds is 27. The number of hydrogen-bond acceptors (Lipinski definition) is 9. The Balaban J connectivity index is 1.35. The van der Waals surface area contributed by atoms with E-state index in [1.54, 1.807) is 32.4 Å². The molecule has 1 N–H and O–H groups in total. The summed E-state index contributed by atoms with van der Waals surface area (Å²) in [5.41, 5.74) is 2.07. The van der Waals surface area contributed by atoms with E-state index in [1.165, 1.54) is 94.0 Å². The van der Waals surface area contributed by atoms with Crippen LogP contribution in [0, 0.1) is 0 Å². The Labute approximate surface area is 287 Å². The van der Waals surface area contributed by atoms with Crippen LogP contribution in [0.5, 0.6) is 11.5 Å². The lowest BCUT2D eigenvalue weighted by molar-refractivity contribution is -0.327. The maximum absolute atomic E-state index is 12.8. The van der Waals surface area contributed by atoms with E-state index >= 15 is 0 Å². The lowest BCUT2D eigenvalue weighted by Crippen LogP contribution is -2.38. The molecular weight excluding hydrogens is 633 g/mol. The van der Waals surface area contributed by atoms with Crippen LogP contribution in [0.3, 0.4) is 0 Å². The standard InChI is InChI=1S/C37H55NO7PS/c1-4-6-7-8-9-10-11-12-13-14-15-16-20-31-21-19-23-33(27-31)42-29-34(41-3)30-43-37(39,5-2)45-46(40)44-35-24-18-17-22-32(35)28-36-38-25-26-47-36/h17-19,21-27,34,39H,4-16,20,28-30H2,1-3H3/q+1. The Morgan fingerprint density at radius 1 is 0.894 bits per heavy atom. The third kappa shape index (κ3) is 16.0. The third-order valence-corrected chi connectivity index (χ3v) is 9.68. The second-order valence-corrected chi connectivity index (χ2v) is 13.7. The summed E-state index contributed by atoms with van der Waals surface area (Å²) in [5, 5.41) is 13.7. The molecule has 0 aliphatic heterocycles. The van der Waals surface area contributed by atoms with Crippen LogP contribution in [0.4, 0.5) is 0 Å². The van der Waals surface area contributed by atoms with Gasteiger partial charge in [0.05, 0.1) is 11.6 Å². The van der Waals surface area contributed by atoms with Gasteiger partial charge in [-0.15, -0.1) is 11.3 Å². The molecule has 1 heterocycles. The molecule has 3 unspecified atom stereocenters. The van der Waals surface area contributed by atoms with Gasteiger partial charge in [0.15, 0.2) is 5.75 Å². The van der Waals surface area contributed by atoms with Gasteiger partial charge < -0.3 is 19.3 Å². The number of aliphatic hydroxyl groups is 1. The van der Waals surface area contributed by atoms with Gasteiger partial charge in [-0.1, -0.05) is 115 Å². The number of ether oxygens (including phenoxy) is 3. The summed E-state index contributed by atoms with van der Waals surface area (Å²) in [6, 6.07) is 15.4. The van der Waals surface area contributed by atoms with Crippen molar-refractivity contribution in [2.24, 2.45) is 0 Å². The molecule has 0 saturated heterocycles. The summed E-state index contributed by atoms with van der Waals surface area (Å²) < 4.78 is 40.9. The number of para-hydroxylation sites is 1. The molecule has 10 heteroatoms. The summed E-state index contributed by atoms with van der Waals surface area (Å²) >= 11 is 1.53. The maximum Gasteiger partial charge on any atom is 0.755 e. The van der Waals surface area contributed by atoms with E-state index in [0.29, 0.717) is 12.2 Å². The zero-order chi connectivity index (χ0) is 33.6. The monoisotopic (exact) mass is 688 g/mol. The molecule has 0 amide bonds. The van der Waals surface area contributed by atoms with E-state index in [0.717, 1.165) is 22.7 Å². The van der Waals surface area contributed by atoms with Crippen molar-refractivity contribution in [3.63, 3.8) is 0 Å². The molecule has 3 aromatic rings. The molecule has 0 spiro atoms. The molecule has 0 fully saturated rings. The Morgan fingerprint density at radius 3 is 2.26 bits per heavy atom. The summed E-state index contributed by atoms with van der Waals surface area (Å²) in [6.07, 6.45) is 18.9. The van der Waals surface area contributed by atoms with Crippen LogP contribution < -0.4 is 9.26 Å². The first kappa shape index (κ1) is 39.1. The first-order valence-corrected chi connectivity index (χ1v) is 19.3. The van der Waals surface area contributed by atoms with Crippen molar-refractivity contribution in [3.05, 3.63) is 76.2 Å². The maximum atomic E-state index is 12.8. The molecular formula is C37H55NO7PS+.